The molecule has 1 aromatic carbocycles. The van der Waals surface area contributed by atoms with E-state index >= 15 is 0 Å². The zero-order valence-corrected chi connectivity index (χ0v) is 27.0. The first kappa shape index (κ1) is 31.0. The summed E-state index contributed by atoms with van der Waals surface area (Å²) in [6.45, 7) is 7.14. The second-order valence-electron chi connectivity index (χ2n) is 12.8. The summed E-state index contributed by atoms with van der Waals surface area (Å²) in [6, 6.07) is 4.84. The van der Waals surface area contributed by atoms with Crippen LogP contribution >= 0.6 is 22.9 Å². The van der Waals surface area contributed by atoms with Crippen LogP contribution in [0.3, 0.4) is 0 Å². The Kier molecular flexibility index (Phi) is 9.53. The van der Waals surface area contributed by atoms with Gasteiger partial charge < -0.3 is 31.1 Å². The van der Waals surface area contributed by atoms with Gasteiger partial charge in [-0.3, -0.25) is 10.1 Å². The van der Waals surface area contributed by atoms with Gasteiger partial charge in [-0.05, 0) is 99.0 Å². The summed E-state index contributed by atoms with van der Waals surface area (Å²) in [7, 11) is 0. The van der Waals surface area contributed by atoms with Gasteiger partial charge in [0.15, 0.2) is 0 Å². The van der Waals surface area contributed by atoms with Crippen molar-refractivity contribution in [2.45, 2.75) is 70.5 Å². The van der Waals surface area contributed by atoms with E-state index in [0.29, 0.717) is 55.5 Å². The number of amides is 5. The Bertz CT molecular complexity index is 1340. The van der Waals surface area contributed by atoms with Crippen LogP contribution in [0, 0.1) is 18.8 Å². The summed E-state index contributed by atoms with van der Waals surface area (Å²) in [5, 5.41) is 12.9. The minimum absolute atomic E-state index is 0.0425. The second-order valence-corrected chi connectivity index (χ2v) is 14.1. The summed E-state index contributed by atoms with van der Waals surface area (Å²) in [4.78, 5) is 46.0. The van der Waals surface area contributed by atoms with Gasteiger partial charge in [0.05, 0.1) is 17.3 Å². The molecule has 44 heavy (non-hydrogen) atoms. The lowest BCUT2D eigenvalue weighted by atomic mass is 9.79. The van der Waals surface area contributed by atoms with E-state index < -0.39 is 6.04 Å². The molecule has 1 atom stereocenters. The van der Waals surface area contributed by atoms with Crippen molar-refractivity contribution in [3.63, 3.8) is 0 Å². The molecule has 0 aliphatic carbocycles. The number of urea groups is 2. The van der Waals surface area contributed by atoms with Gasteiger partial charge in [0.1, 0.15) is 11.0 Å². The van der Waals surface area contributed by atoms with E-state index in [1.807, 2.05) is 28.2 Å². The molecule has 1 aromatic heterocycles. The molecule has 0 saturated carbocycles. The number of nitrogen functional groups attached to an aromatic ring is 1. The molecule has 6 rings (SSSR count). The molecule has 12 heteroatoms. The van der Waals surface area contributed by atoms with E-state index in [9.17, 15) is 14.4 Å². The van der Waals surface area contributed by atoms with Crippen molar-refractivity contribution in [2.75, 3.05) is 50.3 Å². The van der Waals surface area contributed by atoms with Crippen LogP contribution in [-0.2, 0) is 17.8 Å². The predicted octanol–water partition coefficient (Wildman–Crippen LogP) is 4.66. The fourth-order valence-electron chi connectivity index (χ4n) is 7.42. The molecule has 0 spiro atoms. The molecule has 0 bridgehead atoms. The maximum atomic E-state index is 14.0. The number of benzene rings is 1. The molecule has 3 saturated heterocycles. The molecule has 10 nitrogen and oxygen atoms in total. The molecule has 4 aliphatic rings. The molecule has 2 aromatic rings. The molecule has 4 aliphatic heterocycles. The first-order valence-corrected chi connectivity index (χ1v) is 17.3. The third kappa shape index (κ3) is 6.79. The van der Waals surface area contributed by atoms with E-state index in [1.165, 1.54) is 12.8 Å². The predicted molar refractivity (Wildman–Crippen MR) is 175 cm³/mol. The molecule has 3 fully saturated rings. The Morgan fingerprint density at radius 1 is 1.05 bits per heavy atom. The van der Waals surface area contributed by atoms with Crippen LogP contribution in [0.1, 0.15) is 55.2 Å². The van der Waals surface area contributed by atoms with Crippen molar-refractivity contribution >= 4 is 51.6 Å². The number of rotatable bonds is 6. The van der Waals surface area contributed by atoms with Crippen LogP contribution in [-0.4, -0.2) is 84.0 Å². The third-order valence-electron chi connectivity index (χ3n) is 10.1. The number of anilines is 2. The number of carbonyl (C=O) groups is 3. The van der Waals surface area contributed by atoms with Crippen LogP contribution in [0.5, 0.6) is 0 Å². The molecule has 5 N–H and O–H groups in total. The lowest BCUT2D eigenvalue weighted by Gasteiger charge is -2.41. The van der Waals surface area contributed by atoms with Crippen LogP contribution < -0.4 is 21.7 Å². The summed E-state index contributed by atoms with van der Waals surface area (Å²) in [5.74, 6) is 1.34. The van der Waals surface area contributed by atoms with Gasteiger partial charge in [-0.25, -0.2) is 9.59 Å². The van der Waals surface area contributed by atoms with E-state index in [1.54, 1.807) is 22.3 Å². The number of aryl methyl sites for hydroxylation is 1. The largest absolute Gasteiger partial charge is 0.397 e. The molecule has 5 heterocycles. The number of hydrogen-bond donors (Lipinski definition) is 4. The minimum Gasteiger partial charge on any atom is -0.397 e. The Morgan fingerprint density at radius 3 is 2.43 bits per heavy atom. The van der Waals surface area contributed by atoms with E-state index in [-0.39, 0.29) is 24.0 Å². The highest BCUT2D eigenvalue weighted by Gasteiger charge is 2.36. The van der Waals surface area contributed by atoms with Gasteiger partial charge in [0.25, 0.3) is 0 Å². The first-order valence-electron chi connectivity index (χ1n) is 16.0. The normalized spacial score (nSPS) is 21.1. The fraction of sp³-hybridized carbons (Fsp3) is 0.594. The number of halogens is 1. The monoisotopic (exact) mass is 641 g/mol. The number of likely N-dealkylation sites (tertiary alicyclic amines) is 2. The van der Waals surface area contributed by atoms with Crippen LogP contribution in [0.25, 0.3) is 0 Å². The van der Waals surface area contributed by atoms with Gasteiger partial charge in [0, 0.05) is 44.2 Å². The maximum absolute atomic E-state index is 14.0. The van der Waals surface area contributed by atoms with Crippen molar-refractivity contribution in [1.82, 2.24) is 25.3 Å². The fourth-order valence-corrected chi connectivity index (χ4v) is 8.51. The van der Waals surface area contributed by atoms with E-state index in [4.69, 9.17) is 17.3 Å². The number of nitrogens with two attached hydrogens (primary N) is 1. The number of piperidine rings is 3. The number of nitrogens with zero attached hydrogens (tertiary/aromatic N) is 3. The lowest BCUT2D eigenvalue weighted by molar-refractivity contribution is -0.135. The molecular formula is C32H44ClN7O3S. The third-order valence-corrected chi connectivity index (χ3v) is 11.3. The van der Waals surface area contributed by atoms with Gasteiger partial charge in [-0.15, -0.1) is 11.3 Å². The van der Waals surface area contributed by atoms with Gasteiger partial charge in [-0.2, -0.15) is 0 Å². The highest BCUT2D eigenvalue weighted by Crippen LogP contribution is 2.33. The van der Waals surface area contributed by atoms with Crippen molar-refractivity contribution < 1.29 is 14.4 Å². The smallest absolute Gasteiger partial charge is 0.323 e. The van der Waals surface area contributed by atoms with Crippen molar-refractivity contribution in [2.24, 2.45) is 11.8 Å². The van der Waals surface area contributed by atoms with Crippen molar-refractivity contribution in [3.8, 4) is 0 Å². The number of thiophene rings is 1. The summed E-state index contributed by atoms with van der Waals surface area (Å²) >= 11 is 7.95. The molecule has 0 unspecified atom stereocenters. The Hall–Kier alpha value is -3.02. The van der Waals surface area contributed by atoms with Crippen LogP contribution in [0.2, 0.25) is 5.02 Å². The molecule has 0 radical (unpaired) electrons. The van der Waals surface area contributed by atoms with Crippen LogP contribution in [0.15, 0.2) is 23.6 Å². The Labute approximate surface area is 268 Å². The zero-order valence-electron chi connectivity index (χ0n) is 25.4. The number of hydrogen-bond acceptors (Lipinski definition) is 6. The van der Waals surface area contributed by atoms with Gasteiger partial charge >= 0.3 is 12.1 Å². The highest BCUT2D eigenvalue weighted by molar-refractivity contribution is 7.14. The van der Waals surface area contributed by atoms with Crippen molar-refractivity contribution in [3.05, 3.63) is 45.3 Å². The Morgan fingerprint density at radius 2 is 1.73 bits per heavy atom. The highest BCUT2D eigenvalue weighted by atomic mass is 35.5. The molecule has 238 valence electrons. The summed E-state index contributed by atoms with van der Waals surface area (Å²) < 4.78 is 0. The standard InChI is InChI=1S/C32H44ClN7O3S/c1-20-16-21(17-26(33)28(20)34)18-27(30(41)38-11-4-23(5-12-38)22-2-9-35-10-3-22)36-31(42)39-13-6-25(7-14-39)40-19-24-8-15-44-29(24)37-32(40)43/h8,15-17,22-23,25,27,35H,2-7,9-14,18-19,34H2,1H3,(H,36,42)(H,37,43)/t27-/m1/s1. The summed E-state index contributed by atoms with van der Waals surface area (Å²) in [6.07, 6.45) is 6.16. The topological polar surface area (TPSA) is 123 Å². The lowest BCUT2D eigenvalue weighted by Crippen LogP contribution is -2.57. The van der Waals surface area contributed by atoms with Crippen molar-refractivity contribution in [1.29, 1.82) is 0 Å². The van der Waals surface area contributed by atoms with Gasteiger partial charge in [-0.1, -0.05) is 17.7 Å². The van der Waals surface area contributed by atoms with E-state index in [0.717, 1.165) is 66.6 Å². The average Bonchev–Trinajstić information content (AvgIpc) is 3.50. The first-order chi connectivity index (χ1) is 21.3. The number of carbonyl (C=O) groups excluding carboxylic acids is 3. The zero-order chi connectivity index (χ0) is 30.8. The molecule has 5 amide bonds. The van der Waals surface area contributed by atoms with E-state index in [2.05, 4.69) is 22.0 Å². The maximum Gasteiger partial charge on any atom is 0.323 e. The molecular weight excluding hydrogens is 598 g/mol. The second kappa shape index (κ2) is 13.5. The SMILES string of the molecule is Cc1cc(C[C@@H](NC(=O)N2CCC(N3Cc4ccsc4NC3=O)CC2)C(=O)N2CCC(C3CCNCC3)CC2)cc(Cl)c1N. The number of fused-ring (bicyclic) bond motifs is 1. The van der Waals surface area contributed by atoms with Crippen LogP contribution in [0.4, 0.5) is 20.3 Å². The average molecular weight is 642 g/mol. The summed E-state index contributed by atoms with van der Waals surface area (Å²) in [5.41, 5.74) is 9.47. The number of nitrogens with one attached hydrogen (secondary N) is 3. The quantitative estimate of drug-likeness (QED) is 0.342. The Balaban J connectivity index is 1.09. The van der Waals surface area contributed by atoms with Gasteiger partial charge in [0.2, 0.25) is 5.91 Å². The minimum atomic E-state index is -0.709.